The summed E-state index contributed by atoms with van der Waals surface area (Å²) in [5, 5.41) is 11.1. The number of hydrogen-bond donors (Lipinski definition) is 3. The van der Waals surface area contributed by atoms with Crippen LogP contribution in [-0.4, -0.2) is 37.8 Å². The van der Waals surface area contributed by atoms with Gasteiger partial charge in [-0.2, -0.15) is 10.1 Å². The van der Waals surface area contributed by atoms with Gasteiger partial charge in [0.25, 0.3) is 0 Å². The van der Waals surface area contributed by atoms with Gasteiger partial charge in [-0.15, -0.1) is 0 Å². The minimum Gasteiger partial charge on any atom is -0.368 e. The van der Waals surface area contributed by atoms with Gasteiger partial charge in [-0.05, 0) is 37.6 Å². The zero-order valence-corrected chi connectivity index (χ0v) is 14.7. The van der Waals surface area contributed by atoms with Crippen LogP contribution in [0.3, 0.4) is 0 Å². The highest BCUT2D eigenvalue weighted by Gasteiger charge is 2.17. The van der Waals surface area contributed by atoms with E-state index in [-0.39, 0.29) is 6.04 Å². The lowest BCUT2D eigenvalue weighted by Gasteiger charge is -2.19. The maximum Gasteiger partial charge on any atom is 0.222 e. The molecular formula is C18H22N8. The molecule has 3 aromatic rings. The molecule has 0 unspecified atom stereocenters. The number of rotatable bonds is 4. The molecule has 8 nitrogen and oxygen atoms in total. The van der Waals surface area contributed by atoms with Crippen LogP contribution in [0.25, 0.3) is 5.69 Å². The molecule has 0 bridgehead atoms. The Hall–Kier alpha value is -3.00. The van der Waals surface area contributed by atoms with E-state index >= 15 is 0 Å². The summed E-state index contributed by atoms with van der Waals surface area (Å²) in [4.78, 5) is 12.9. The molecule has 0 aliphatic carbocycles. The fourth-order valence-corrected chi connectivity index (χ4v) is 3.23. The Morgan fingerprint density at radius 2 is 1.96 bits per heavy atom. The molecule has 134 valence electrons. The zero-order valence-electron chi connectivity index (χ0n) is 14.7. The highest BCUT2D eigenvalue weighted by molar-refractivity contribution is 5.52. The predicted molar refractivity (Wildman–Crippen MR) is 100 cm³/mol. The summed E-state index contributed by atoms with van der Waals surface area (Å²) >= 11 is 0. The van der Waals surface area contributed by atoms with E-state index in [1.165, 1.54) is 6.33 Å². The Bertz CT molecular complexity index is 873. The molecule has 0 saturated heterocycles. The summed E-state index contributed by atoms with van der Waals surface area (Å²) < 4.78 is 1.74. The summed E-state index contributed by atoms with van der Waals surface area (Å²) in [6.07, 6.45) is 4.98. The highest BCUT2D eigenvalue weighted by Crippen LogP contribution is 2.25. The van der Waals surface area contributed by atoms with E-state index < -0.39 is 0 Å². The third-order valence-corrected chi connectivity index (χ3v) is 4.63. The fourth-order valence-electron chi connectivity index (χ4n) is 3.23. The number of nitrogens with zero attached hydrogens (tertiary/aromatic N) is 5. The van der Waals surface area contributed by atoms with Crippen molar-refractivity contribution in [1.82, 2.24) is 30.0 Å². The molecule has 0 saturated carbocycles. The number of benzene rings is 1. The van der Waals surface area contributed by atoms with Crippen molar-refractivity contribution in [2.24, 2.45) is 0 Å². The molecule has 2 aromatic heterocycles. The third-order valence-electron chi connectivity index (χ3n) is 4.63. The number of fused-ring (bicyclic) bond motifs is 1. The second-order valence-corrected chi connectivity index (χ2v) is 6.40. The van der Waals surface area contributed by atoms with Gasteiger partial charge in [-0.3, -0.25) is 0 Å². The molecule has 0 amide bonds. The number of hydrogen-bond acceptors (Lipinski definition) is 7. The molecule has 8 heteroatoms. The number of nitrogens with two attached hydrogens (primary N) is 1. The van der Waals surface area contributed by atoms with Crippen molar-refractivity contribution in [3.8, 4) is 5.69 Å². The fraction of sp³-hybridized carbons (Fsp3) is 0.333. The van der Waals surface area contributed by atoms with Crippen LogP contribution < -0.4 is 16.4 Å². The standard InChI is InChI=1S/C18H22N8/c1-12(13-2-4-14(5-3-13)26-11-21-10-22-26)23-17-15-6-8-20-9-7-16(15)24-18(19)25-17/h2-5,10-12,20H,6-9H2,1H3,(H3,19,23,24,25)/t12-/m0/s1. The summed E-state index contributed by atoms with van der Waals surface area (Å²) in [6.45, 7) is 3.96. The highest BCUT2D eigenvalue weighted by atomic mass is 15.3. The molecule has 4 rings (SSSR count). The first-order valence-corrected chi connectivity index (χ1v) is 8.78. The number of nitrogens with one attached hydrogen (secondary N) is 2. The minimum absolute atomic E-state index is 0.0920. The van der Waals surface area contributed by atoms with Crippen LogP contribution in [0.2, 0.25) is 0 Å². The summed E-state index contributed by atoms with van der Waals surface area (Å²) in [5.41, 5.74) is 10.3. The zero-order chi connectivity index (χ0) is 17.9. The van der Waals surface area contributed by atoms with Crippen LogP contribution in [-0.2, 0) is 12.8 Å². The molecule has 0 spiro atoms. The molecule has 1 aliphatic rings. The van der Waals surface area contributed by atoms with Crippen molar-refractivity contribution in [1.29, 1.82) is 0 Å². The number of aromatic nitrogens is 5. The quantitative estimate of drug-likeness (QED) is 0.654. The van der Waals surface area contributed by atoms with E-state index in [0.717, 1.165) is 54.3 Å². The average Bonchev–Trinajstić information content (AvgIpc) is 3.08. The van der Waals surface area contributed by atoms with Crippen LogP contribution in [0.15, 0.2) is 36.9 Å². The summed E-state index contributed by atoms with van der Waals surface area (Å²) in [6, 6.07) is 8.32. The maximum atomic E-state index is 5.92. The largest absolute Gasteiger partial charge is 0.368 e. The van der Waals surface area contributed by atoms with Gasteiger partial charge in [0, 0.05) is 24.6 Å². The second kappa shape index (κ2) is 7.09. The smallest absolute Gasteiger partial charge is 0.222 e. The lowest BCUT2D eigenvalue weighted by atomic mass is 10.1. The first-order valence-electron chi connectivity index (χ1n) is 8.78. The molecule has 0 radical (unpaired) electrons. The van der Waals surface area contributed by atoms with E-state index in [0.29, 0.717) is 5.95 Å². The summed E-state index contributed by atoms with van der Waals surface area (Å²) in [7, 11) is 0. The number of nitrogen functional groups attached to an aromatic ring is 1. The monoisotopic (exact) mass is 350 g/mol. The van der Waals surface area contributed by atoms with E-state index in [2.05, 4.69) is 49.7 Å². The predicted octanol–water partition coefficient (Wildman–Crippen LogP) is 1.50. The third kappa shape index (κ3) is 3.36. The lowest BCUT2D eigenvalue weighted by Crippen LogP contribution is -2.16. The van der Waals surface area contributed by atoms with Gasteiger partial charge in [0.15, 0.2) is 0 Å². The second-order valence-electron chi connectivity index (χ2n) is 6.40. The molecule has 1 aliphatic heterocycles. The van der Waals surface area contributed by atoms with E-state index in [1.54, 1.807) is 11.0 Å². The molecule has 26 heavy (non-hydrogen) atoms. The van der Waals surface area contributed by atoms with Gasteiger partial charge >= 0.3 is 0 Å². The average molecular weight is 350 g/mol. The summed E-state index contributed by atoms with van der Waals surface area (Å²) in [5.74, 6) is 1.16. The van der Waals surface area contributed by atoms with E-state index in [9.17, 15) is 0 Å². The Labute approximate surface area is 151 Å². The molecule has 1 aromatic carbocycles. The van der Waals surface area contributed by atoms with Gasteiger partial charge in [0.2, 0.25) is 5.95 Å². The van der Waals surface area contributed by atoms with Gasteiger partial charge in [0.05, 0.1) is 11.4 Å². The van der Waals surface area contributed by atoms with Crippen molar-refractivity contribution < 1.29 is 0 Å². The maximum absolute atomic E-state index is 5.92. The number of anilines is 2. The van der Waals surface area contributed by atoms with Crippen molar-refractivity contribution in [3.63, 3.8) is 0 Å². The molecular weight excluding hydrogens is 328 g/mol. The van der Waals surface area contributed by atoms with E-state index in [1.807, 2.05) is 12.1 Å². The van der Waals surface area contributed by atoms with Crippen LogP contribution in [0, 0.1) is 0 Å². The lowest BCUT2D eigenvalue weighted by molar-refractivity contribution is 0.708. The van der Waals surface area contributed by atoms with Crippen LogP contribution >= 0.6 is 0 Å². The first-order chi connectivity index (χ1) is 12.7. The SMILES string of the molecule is C[C@H](Nc1nc(N)nc2c1CCNCC2)c1ccc(-n2cncn2)cc1. The van der Waals surface area contributed by atoms with Crippen LogP contribution in [0.4, 0.5) is 11.8 Å². The molecule has 0 fully saturated rings. The molecule has 3 heterocycles. The van der Waals surface area contributed by atoms with Crippen molar-refractivity contribution in [2.75, 3.05) is 24.1 Å². The molecule has 4 N–H and O–H groups in total. The Kier molecular flexibility index (Phi) is 4.49. The Balaban J connectivity index is 1.56. The van der Waals surface area contributed by atoms with Gasteiger partial charge in [-0.25, -0.2) is 14.6 Å². The van der Waals surface area contributed by atoms with Gasteiger partial charge in [-0.1, -0.05) is 12.1 Å². The normalized spacial score (nSPS) is 15.1. The Morgan fingerprint density at radius 1 is 1.15 bits per heavy atom. The van der Waals surface area contributed by atoms with Crippen molar-refractivity contribution in [2.45, 2.75) is 25.8 Å². The van der Waals surface area contributed by atoms with Crippen LogP contribution in [0.5, 0.6) is 0 Å². The van der Waals surface area contributed by atoms with Crippen molar-refractivity contribution in [3.05, 3.63) is 53.7 Å². The van der Waals surface area contributed by atoms with Crippen molar-refractivity contribution >= 4 is 11.8 Å². The Morgan fingerprint density at radius 3 is 2.73 bits per heavy atom. The van der Waals surface area contributed by atoms with Crippen LogP contribution in [0.1, 0.15) is 29.8 Å². The van der Waals surface area contributed by atoms with E-state index in [4.69, 9.17) is 5.73 Å². The van der Waals surface area contributed by atoms with Gasteiger partial charge in [0.1, 0.15) is 18.5 Å². The minimum atomic E-state index is 0.0920. The topological polar surface area (TPSA) is 107 Å². The molecule has 1 atom stereocenters. The first kappa shape index (κ1) is 16.5. The van der Waals surface area contributed by atoms with Gasteiger partial charge < -0.3 is 16.4 Å².